The van der Waals surface area contributed by atoms with Crippen molar-refractivity contribution in [3.8, 4) is 0 Å². The average Bonchev–Trinajstić information content (AvgIpc) is 3.70. The van der Waals surface area contributed by atoms with Crippen LogP contribution in [-0.2, 0) is 24.2 Å². The summed E-state index contributed by atoms with van der Waals surface area (Å²) in [4.78, 5) is 28.2. The zero-order valence-corrected chi connectivity index (χ0v) is 23.9. The van der Waals surface area contributed by atoms with Gasteiger partial charge >= 0.3 is 5.97 Å². The molecule has 9 heteroatoms. The number of carbonyl (C=O) groups is 2. The minimum absolute atomic E-state index is 0.0105. The van der Waals surface area contributed by atoms with Crippen molar-refractivity contribution in [1.29, 1.82) is 0 Å². The van der Waals surface area contributed by atoms with Crippen LogP contribution in [0.15, 0.2) is 48.5 Å². The van der Waals surface area contributed by atoms with Crippen LogP contribution in [0.5, 0.6) is 0 Å². The van der Waals surface area contributed by atoms with E-state index in [-0.39, 0.29) is 29.9 Å². The third-order valence-electron chi connectivity index (χ3n) is 8.43. The highest BCUT2D eigenvalue weighted by atomic mass is 35.5. The van der Waals surface area contributed by atoms with Crippen LogP contribution in [-0.4, -0.2) is 47.8 Å². The fourth-order valence-corrected chi connectivity index (χ4v) is 8.85. The fraction of sp³-hybridized carbons (Fsp3) is 0.517. The van der Waals surface area contributed by atoms with Crippen LogP contribution in [0.4, 0.5) is 0 Å². The molecule has 5 rings (SSSR count). The SMILES string of the molecule is CCC(CC)S(=O)(=O)CC(C1CC1)N1C(=O)C2(CC(=O)O2)CC(c2cccc(Cl)c2)C1c1ccc(Cl)cc1. The molecule has 1 amide bonds. The monoisotopic (exact) mass is 577 g/mol. The summed E-state index contributed by atoms with van der Waals surface area (Å²) in [5.41, 5.74) is 0.479. The molecule has 4 unspecified atom stereocenters. The molecule has 0 N–H and O–H groups in total. The molecule has 2 aliphatic heterocycles. The maximum Gasteiger partial charge on any atom is 0.311 e. The highest BCUT2D eigenvalue weighted by molar-refractivity contribution is 7.92. The third kappa shape index (κ3) is 5.09. The highest BCUT2D eigenvalue weighted by Crippen LogP contribution is 2.54. The van der Waals surface area contributed by atoms with Crippen molar-refractivity contribution >= 4 is 44.9 Å². The second kappa shape index (κ2) is 10.5. The highest BCUT2D eigenvalue weighted by Gasteiger charge is 2.63. The van der Waals surface area contributed by atoms with E-state index in [0.29, 0.717) is 29.3 Å². The summed E-state index contributed by atoms with van der Waals surface area (Å²) in [6.07, 6.45) is 3.06. The van der Waals surface area contributed by atoms with Crippen LogP contribution in [0.2, 0.25) is 10.0 Å². The van der Waals surface area contributed by atoms with E-state index in [1.165, 1.54) is 0 Å². The van der Waals surface area contributed by atoms with Gasteiger partial charge in [-0.15, -0.1) is 0 Å². The van der Waals surface area contributed by atoms with Crippen LogP contribution in [0.25, 0.3) is 0 Å². The quantitative estimate of drug-likeness (QED) is 0.335. The van der Waals surface area contributed by atoms with Crippen molar-refractivity contribution < 1.29 is 22.7 Å². The Labute approximate surface area is 234 Å². The minimum atomic E-state index is -3.48. The number of hydrogen-bond donors (Lipinski definition) is 0. The van der Waals surface area contributed by atoms with E-state index in [0.717, 1.165) is 24.0 Å². The summed E-state index contributed by atoms with van der Waals surface area (Å²) >= 11 is 12.6. The van der Waals surface area contributed by atoms with Gasteiger partial charge in [-0.25, -0.2) is 8.42 Å². The maximum atomic E-state index is 14.3. The van der Waals surface area contributed by atoms with Crippen LogP contribution in [0.3, 0.4) is 0 Å². The molecule has 2 aromatic carbocycles. The first-order valence-corrected chi connectivity index (χ1v) is 15.8. The Morgan fingerprint density at radius 2 is 1.66 bits per heavy atom. The second-order valence-corrected chi connectivity index (χ2v) is 14.1. The molecule has 38 heavy (non-hydrogen) atoms. The number of hydrogen-bond acceptors (Lipinski definition) is 5. The van der Waals surface area contributed by atoms with Gasteiger partial charge in [0.2, 0.25) is 5.60 Å². The van der Waals surface area contributed by atoms with Crippen LogP contribution < -0.4 is 0 Å². The molecule has 1 aliphatic carbocycles. The van der Waals surface area contributed by atoms with Gasteiger partial charge in [0.1, 0.15) is 0 Å². The Kier molecular flexibility index (Phi) is 7.57. The van der Waals surface area contributed by atoms with Crippen molar-refractivity contribution in [2.24, 2.45) is 5.92 Å². The number of sulfone groups is 1. The topological polar surface area (TPSA) is 80.8 Å². The molecule has 2 heterocycles. The van der Waals surface area contributed by atoms with Gasteiger partial charge < -0.3 is 9.64 Å². The molecule has 1 spiro atoms. The number of piperidine rings is 1. The summed E-state index contributed by atoms with van der Waals surface area (Å²) in [6.45, 7) is 3.77. The first-order chi connectivity index (χ1) is 18.1. The van der Waals surface area contributed by atoms with E-state index in [1.807, 2.05) is 44.2 Å². The maximum absolute atomic E-state index is 14.3. The van der Waals surface area contributed by atoms with Gasteiger partial charge in [-0.3, -0.25) is 9.59 Å². The molecule has 6 nitrogen and oxygen atoms in total. The normalized spacial score (nSPS) is 26.4. The number of carbonyl (C=O) groups excluding carboxylic acids is 2. The van der Waals surface area contributed by atoms with E-state index >= 15 is 0 Å². The Morgan fingerprint density at radius 1 is 1.00 bits per heavy atom. The lowest BCUT2D eigenvalue weighted by molar-refractivity contribution is -0.212. The van der Waals surface area contributed by atoms with E-state index in [9.17, 15) is 18.0 Å². The fourth-order valence-electron chi connectivity index (χ4n) is 6.33. The zero-order valence-electron chi connectivity index (χ0n) is 21.6. The first kappa shape index (κ1) is 27.5. The summed E-state index contributed by atoms with van der Waals surface area (Å²) in [6, 6.07) is 13.9. The Bertz CT molecular complexity index is 1310. The summed E-state index contributed by atoms with van der Waals surface area (Å²) < 4.78 is 32.8. The van der Waals surface area contributed by atoms with Crippen LogP contribution >= 0.6 is 23.2 Å². The minimum Gasteiger partial charge on any atom is -0.448 e. The van der Waals surface area contributed by atoms with Gasteiger partial charge in [-0.2, -0.15) is 0 Å². The van der Waals surface area contributed by atoms with Gasteiger partial charge in [0.25, 0.3) is 5.91 Å². The van der Waals surface area contributed by atoms with Crippen molar-refractivity contribution in [3.63, 3.8) is 0 Å². The number of amides is 1. The summed E-state index contributed by atoms with van der Waals surface area (Å²) in [5, 5.41) is 0.675. The molecule has 3 fully saturated rings. The molecule has 0 bridgehead atoms. The lowest BCUT2D eigenvalue weighted by atomic mass is 9.70. The molecule has 0 radical (unpaired) electrons. The van der Waals surface area contributed by atoms with E-state index in [2.05, 4.69) is 0 Å². The predicted molar refractivity (Wildman–Crippen MR) is 148 cm³/mol. The Hall–Kier alpha value is -2.09. The van der Waals surface area contributed by atoms with Crippen molar-refractivity contribution in [3.05, 3.63) is 69.7 Å². The largest absolute Gasteiger partial charge is 0.448 e. The zero-order chi connectivity index (χ0) is 27.2. The molecule has 2 aromatic rings. The van der Waals surface area contributed by atoms with Crippen LogP contribution in [0, 0.1) is 5.92 Å². The summed E-state index contributed by atoms with van der Waals surface area (Å²) in [7, 11) is -3.48. The Morgan fingerprint density at radius 3 is 2.21 bits per heavy atom. The molecular weight excluding hydrogens is 545 g/mol. The van der Waals surface area contributed by atoms with Gasteiger partial charge in [0.05, 0.1) is 23.5 Å². The second-order valence-electron chi connectivity index (χ2n) is 10.9. The number of esters is 1. The predicted octanol–water partition coefficient (Wildman–Crippen LogP) is 6.12. The molecule has 1 saturated carbocycles. The first-order valence-electron chi connectivity index (χ1n) is 13.4. The Balaban J connectivity index is 1.66. The van der Waals surface area contributed by atoms with Gasteiger partial charge in [-0.05, 0) is 67.0 Å². The molecular formula is C29H33Cl2NO5S. The number of benzene rings is 2. The van der Waals surface area contributed by atoms with Crippen molar-refractivity contribution in [2.75, 3.05) is 5.75 Å². The number of rotatable bonds is 9. The number of likely N-dealkylation sites (tertiary alicyclic amines) is 1. The summed E-state index contributed by atoms with van der Waals surface area (Å²) in [5.74, 6) is -1.01. The third-order valence-corrected chi connectivity index (χ3v) is 11.4. The van der Waals surface area contributed by atoms with E-state index in [4.69, 9.17) is 27.9 Å². The van der Waals surface area contributed by atoms with Crippen LogP contribution in [0.1, 0.15) is 75.5 Å². The number of halogens is 2. The van der Waals surface area contributed by atoms with Gasteiger partial charge in [0, 0.05) is 28.4 Å². The van der Waals surface area contributed by atoms with Gasteiger partial charge in [0.15, 0.2) is 9.84 Å². The average molecular weight is 579 g/mol. The number of nitrogens with zero attached hydrogens (tertiary/aromatic N) is 1. The lowest BCUT2D eigenvalue weighted by Gasteiger charge is -2.54. The van der Waals surface area contributed by atoms with Crippen molar-refractivity contribution in [2.45, 2.75) is 81.2 Å². The van der Waals surface area contributed by atoms with E-state index < -0.39 is 38.7 Å². The van der Waals surface area contributed by atoms with Gasteiger partial charge in [-0.1, -0.05) is 61.3 Å². The molecule has 2 saturated heterocycles. The molecule has 3 aliphatic rings. The molecule has 204 valence electrons. The molecule has 4 atom stereocenters. The smallest absolute Gasteiger partial charge is 0.311 e. The number of ether oxygens (including phenoxy) is 1. The standard InChI is InChI=1S/C29H33Cl2NO5S/c1-3-23(4-2)38(35,36)17-25(18-8-9-18)32-27(19-10-12-21(30)13-11-19)24(20-6-5-7-22(31)14-20)15-29(28(32)34)16-26(33)37-29/h5-7,10-14,18,23-25,27H,3-4,8-9,15-17H2,1-2H3. The van der Waals surface area contributed by atoms with E-state index in [1.54, 1.807) is 23.1 Å². The van der Waals surface area contributed by atoms with Crippen molar-refractivity contribution in [1.82, 2.24) is 4.90 Å². The lowest BCUT2D eigenvalue weighted by Crippen LogP contribution is -2.67. The molecule has 0 aromatic heterocycles.